The number of fused-ring (bicyclic) bond motifs is 2. The number of hydrogen-bond acceptors (Lipinski definition) is 3. The number of halogens is 1. The molecule has 3 aliphatic rings. The Morgan fingerprint density at radius 3 is 2.92 bits per heavy atom. The molecule has 4 unspecified atom stereocenters. The quantitative estimate of drug-likeness (QED) is 0.387. The number of nitrogens with one attached hydrogen (secondary N) is 2. The molecular formula is C19H30IN3OS. The molecule has 1 spiro atoms. The third kappa shape index (κ3) is 3.46. The molecule has 4 atom stereocenters. The number of guanidine groups is 1. The molecule has 2 heterocycles. The molecule has 0 amide bonds. The Labute approximate surface area is 172 Å². The van der Waals surface area contributed by atoms with E-state index in [-0.39, 0.29) is 30.0 Å². The number of ether oxygens (including phenoxy) is 1. The van der Waals surface area contributed by atoms with Crippen LogP contribution in [0.15, 0.2) is 22.5 Å². The van der Waals surface area contributed by atoms with Crippen LogP contribution >= 0.6 is 35.3 Å². The Hall–Kier alpha value is -0.340. The van der Waals surface area contributed by atoms with Gasteiger partial charge in [-0.1, -0.05) is 18.9 Å². The van der Waals surface area contributed by atoms with E-state index in [1.165, 1.54) is 37.0 Å². The summed E-state index contributed by atoms with van der Waals surface area (Å²) in [6, 6.07) is 5.12. The molecule has 1 aromatic rings. The first-order valence-electron chi connectivity index (χ1n) is 9.47. The summed E-state index contributed by atoms with van der Waals surface area (Å²) in [7, 11) is 0. The average Bonchev–Trinajstić information content (AvgIpc) is 3.32. The van der Waals surface area contributed by atoms with Crippen LogP contribution in [-0.4, -0.2) is 31.3 Å². The predicted molar refractivity (Wildman–Crippen MR) is 115 cm³/mol. The molecule has 2 aliphatic carbocycles. The van der Waals surface area contributed by atoms with E-state index < -0.39 is 0 Å². The normalized spacial score (nSPS) is 31.1. The lowest BCUT2D eigenvalue weighted by Crippen LogP contribution is -2.69. The standard InChI is InChI=1S/C19H29N3OS.HI/c1-3-20-18(21-13(2)15-7-6-12-24-15)22-16-14-8-11-23-17(14)19(16)9-4-5-10-19;/h6-7,12-14,16-17H,3-5,8-11H2,1-2H3,(H2,20,21,22);1H. The fraction of sp³-hybridized carbons (Fsp3) is 0.737. The van der Waals surface area contributed by atoms with E-state index in [1.807, 2.05) is 0 Å². The molecule has 0 bridgehead atoms. The van der Waals surface area contributed by atoms with Gasteiger partial charge in [0.05, 0.1) is 12.1 Å². The monoisotopic (exact) mass is 475 g/mol. The van der Waals surface area contributed by atoms with Gasteiger partial charge in [-0.05, 0) is 44.6 Å². The van der Waals surface area contributed by atoms with Gasteiger partial charge in [-0.2, -0.15) is 0 Å². The van der Waals surface area contributed by atoms with Gasteiger partial charge < -0.3 is 15.4 Å². The maximum atomic E-state index is 6.10. The Morgan fingerprint density at radius 1 is 1.44 bits per heavy atom. The zero-order valence-corrected chi connectivity index (χ0v) is 18.3. The molecule has 3 fully saturated rings. The SMILES string of the molecule is CCN=C(NC(C)c1cccs1)NC1C2CCOC2C12CCCC2.I. The molecule has 140 valence electrons. The van der Waals surface area contributed by atoms with E-state index in [9.17, 15) is 0 Å². The van der Waals surface area contributed by atoms with Gasteiger partial charge >= 0.3 is 0 Å². The molecule has 0 aromatic carbocycles. The second kappa shape index (κ2) is 8.13. The predicted octanol–water partition coefficient (Wildman–Crippen LogP) is 4.33. The Bertz CT molecular complexity index is 585. The van der Waals surface area contributed by atoms with E-state index in [0.29, 0.717) is 23.5 Å². The van der Waals surface area contributed by atoms with E-state index in [1.54, 1.807) is 11.3 Å². The maximum absolute atomic E-state index is 6.10. The highest BCUT2D eigenvalue weighted by atomic mass is 127. The van der Waals surface area contributed by atoms with Crippen molar-refractivity contribution in [3.05, 3.63) is 22.4 Å². The lowest BCUT2D eigenvalue weighted by Gasteiger charge is -2.57. The van der Waals surface area contributed by atoms with Crippen molar-refractivity contribution >= 4 is 41.3 Å². The largest absolute Gasteiger partial charge is 0.377 e. The second-order valence-corrected chi connectivity index (χ2v) is 8.49. The van der Waals surface area contributed by atoms with Gasteiger partial charge in [0.25, 0.3) is 0 Å². The molecule has 6 heteroatoms. The number of rotatable bonds is 4. The van der Waals surface area contributed by atoms with Crippen LogP contribution in [0.3, 0.4) is 0 Å². The minimum absolute atomic E-state index is 0. The zero-order valence-electron chi connectivity index (χ0n) is 15.2. The van der Waals surface area contributed by atoms with Gasteiger partial charge in [0, 0.05) is 35.4 Å². The van der Waals surface area contributed by atoms with Crippen LogP contribution in [0.2, 0.25) is 0 Å². The Morgan fingerprint density at radius 2 is 2.24 bits per heavy atom. The highest BCUT2D eigenvalue weighted by molar-refractivity contribution is 14.0. The number of nitrogens with zero attached hydrogens (tertiary/aromatic N) is 1. The third-order valence-electron chi connectivity index (χ3n) is 6.22. The van der Waals surface area contributed by atoms with Crippen molar-refractivity contribution in [3.8, 4) is 0 Å². The Balaban J connectivity index is 0.00000182. The number of thiophene rings is 1. The van der Waals surface area contributed by atoms with Crippen LogP contribution in [0.4, 0.5) is 0 Å². The summed E-state index contributed by atoms with van der Waals surface area (Å²) in [5.74, 6) is 1.64. The molecular weight excluding hydrogens is 445 g/mol. The van der Waals surface area contributed by atoms with Gasteiger partial charge in [-0.3, -0.25) is 4.99 Å². The maximum Gasteiger partial charge on any atom is 0.192 e. The molecule has 1 aliphatic heterocycles. The van der Waals surface area contributed by atoms with Crippen molar-refractivity contribution in [2.75, 3.05) is 13.2 Å². The fourth-order valence-electron chi connectivity index (χ4n) is 5.16. The summed E-state index contributed by atoms with van der Waals surface area (Å²) < 4.78 is 6.10. The minimum atomic E-state index is 0. The summed E-state index contributed by atoms with van der Waals surface area (Å²) in [5.41, 5.74) is 0.365. The summed E-state index contributed by atoms with van der Waals surface area (Å²) in [6.07, 6.45) is 7.02. The van der Waals surface area contributed by atoms with Crippen LogP contribution in [0, 0.1) is 11.3 Å². The van der Waals surface area contributed by atoms with Crippen molar-refractivity contribution in [2.45, 2.75) is 64.1 Å². The van der Waals surface area contributed by atoms with Crippen LogP contribution in [0.5, 0.6) is 0 Å². The van der Waals surface area contributed by atoms with Gasteiger partial charge in [0.15, 0.2) is 5.96 Å². The summed E-state index contributed by atoms with van der Waals surface area (Å²) in [4.78, 5) is 6.08. The molecule has 1 saturated heterocycles. The molecule has 4 rings (SSSR count). The molecule has 0 radical (unpaired) electrons. The molecule has 1 aromatic heterocycles. The Kier molecular flexibility index (Phi) is 6.31. The van der Waals surface area contributed by atoms with E-state index in [0.717, 1.165) is 19.1 Å². The van der Waals surface area contributed by atoms with Crippen molar-refractivity contribution in [1.29, 1.82) is 0 Å². The first kappa shape index (κ1) is 19.4. The minimum Gasteiger partial charge on any atom is -0.377 e. The highest BCUT2D eigenvalue weighted by Gasteiger charge is 2.65. The highest BCUT2D eigenvalue weighted by Crippen LogP contribution is 2.60. The number of aliphatic imine (C=N–C) groups is 1. The van der Waals surface area contributed by atoms with Crippen molar-refractivity contribution in [1.82, 2.24) is 10.6 Å². The van der Waals surface area contributed by atoms with Crippen LogP contribution in [-0.2, 0) is 4.74 Å². The van der Waals surface area contributed by atoms with Crippen molar-refractivity contribution in [2.24, 2.45) is 16.3 Å². The van der Waals surface area contributed by atoms with Crippen LogP contribution in [0.1, 0.15) is 56.9 Å². The van der Waals surface area contributed by atoms with Crippen molar-refractivity contribution in [3.63, 3.8) is 0 Å². The molecule has 4 nitrogen and oxygen atoms in total. The molecule has 25 heavy (non-hydrogen) atoms. The van der Waals surface area contributed by atoms with Crippen LogP contribution < -0.4 is 10.6 Å². The lowest BCUT2D eigenvalue weighted by atomic mass is 9.54. The lowest BCUT2D eigenvalue weighted by molar-refractivity contribution is -0.125. The topological polar surface area (TPSA) is 45.7 Å². The third-order valence-corrected chi connectivity index (χ3v) is 7.27. The zero-order chi connectivity index (χ0) is 16.6. The van der Waals surface area contributed by atoms with Gasteiger partial charge in [-0.25, -0.2) is 0 Å². The smallest absolute Gasteiger partial charge is 0.192 e. The van der Waals surface area contributed by atoms with E-state index in [4.69, 9.17) is 9.73 Å². The van der Waals surface area contributed by atoms with Gasteiger partial charge in [0.1, 0.15) is 0 Å². The van der Waals surface area contributed by atoms with E-state index in [2.05, 4.69) is 42.0 Å². The molecule has 2 saturated carbocycles. The van der Waals surface area contributed by atoms with Gasteiger partial charge in [-0.15, -0.1) is 35.3 Å². The first-order chi connectivity index (χ1) is 11.7. The summed E-state index contributed by atoms with van der Waals surface area (Å²) in [6.45, 7) is 6.06. The van der Waals surface area contributed by atoms with Crippen LogP contribution in [0.25, 0.3) is 0 Å². The number of hydrogen-bond donors (Lipinski definition) is 2. The average molecular weight is 475 g/mol. The fourth-order valence-corrected chi connectivity index (χ4v) is 5.89. The van der Waals surface area contributed by atoms with Gasteiger partial charge in [0.2, 0.25) is 0 Å². The molecule has 2 N–H and O–H groups in total. The second-order valence-electron chi connectivity index (χ2n) is 7.51. The van der Waals surface area contributed by atoms with E-state index >= 15 is 0 Å². The van der Waals surface area contributed by atoms with Crippen molar-refractivity contribution < 1.29 is 4.74 Å². The first-order valence-corrected chi connectivity index (χ1v) is 10.3. The summed E-state index contributed by atoms with van der Waals surface area (Å²) in [5, 5.41) is 9.57. The summed E-state index contributed by atoms with van der Waals surface area (Å²) >= 11 is 1.80.